The molecule has 8 heteroatoms. The van der Waals surface area contributed by atoms with Crippen molar-refractivity contribution in [2.75, 3.05) is 11.9 Å². The highest BCUT2D eigenvalue weighted by atomic mass is 19.4. The topological polar surface area (TPSA) is 46.8 Å². The maximum absolute atomic E-state index is 13.3. The van der Waals surface area contributed by atoms with Crippen LogP contribution in [-0.4, -0.2) is 26.8 Å². The van der Waals surface area contributed by atoms with Gasteiger partial charge in [0.1, 0.15) is 0 Å². The molecule has 1 aromatic carbocycles. The SMILES string of the molecule is Cc1ccc(-c2cc(C(F)(F)F)nc(N(C)Cc3ccnn3C)n2)cc1. The van der Waals surface area contributed by atoms with Crippen molar-refractivity contribution in [3.8, 4) is 11.3 Å². The number of hydrogen-bond donors (Lipinski definition) is 0. The molecule has 0 bridgehead atoms. The molecule has 0 unspecified atom stereocenters. The normalized spacial score (nSPS) is 11.6. The summed E-state index contributed by atoms with van der Waals surface area (Å²) in [7, 11) is 3.43. The van der Waals surface area contributed by atoms with Gasteiger partial charge < -0.3 is 4.90 Å². The number of nitrogens with zero attached hydrogens (tertiary/aromatic N) is 5. The van der Waals surface area contributed by atoms with Gasteiger partial charge in [0.05, 0.1) is 17.9 Å². The molecule has 3 rings (SSSR count). The fraction of sp³-hybridized carbons (Fsp3) is 0.278. The van der Waals surface area contributed by atoms with Crippen LogP contribution in [0.5, 0.6) is 0 Å². The molecule has 0 saturated carbocycles. The predicted octanol–water partition coefficient (Wildman–Crippen LogP) is 3.84. The zero-order valence-electron chi connectivity index (χ0n) is 14.6. The van der Waals surface area contributed by atoms with Crippen LogP contribution in [0.15, 0.2) is 42.6 Å². The van der Waals surface area contributed by atoms with Crippen molar-refractivity contribution in [1.82, 2.24) is 19.7 Å². The van der Waals surface area contributed by atoms with Crippen molar-refractivity contribution in [2.24, 2.45) is 7.05 Å². The first kappa shape index (κ1) is 17.9. The summed E-state index contributed by atoms with van der Waals surface area (Å²) in [6.07, 6.45) is -2.92. The molecule has 0 aliphatic carbocycles. The van der Waals surface area contributed by atoms with Crippen molar-refractivity contribution >= 4 is 5.95 Å². The van der Waals surface area contributed by atoms with E-state index in [9.17, 15) is 13.2 Å². The van der Waals surface area contributed by atoms with Crippen LogP contribution in [-0.2, 0) is 19.8 Å². The van der Waals surface area contributed by atoms with Crippen LogP contribution in [0.1, 0.15) is 17.0 Å². The second-order valence-electron chi connectivity index (χ2n) is 6.10. The first-order valence-electron chi connectivity index (χ1n) is 7.95. The molecule has 136 valence electrons. The van der Waals surface area contributed by atoms with Gasteiger partial charge in [-0.3, -0.25) is 4.68 Å². The molecule has 0 aliphatic heterocycles. The molecule has 0 fully saturated rings. The number of anilines is 1. The van der Waals surface area contributed by atoms with Crippen LogP contribution < -0.4 is 4.90 Å². The Kier molecular flexibility index (Phi) is 4.67. The minimum atomic E-state index is -4.55. The van der Waals surface area contributed by atoms with Crippen molar-refractivity contribution in [2.45, 2.75) is 19.6 Å². The zero-order valence-corrected chi connectivity index (χ0v) is 14.6. The van der Waals surface area contributed by atoms with E-state index < -0.39 is 11.9 Å². The fourth-order valence-electron chi connectivity index (χ4n) is 2.49. The Balaban J connectivity index is 2.02. The van der Waals surface area contributed by atoms with E-state index in [1.54, 1.807) is 48.1 Å². The number of alkyl halides is 3. The first-order valence-corrected chi connectivity index (χ1v) is 7.95. The van der Waals surface area contributed by atoms with Gasteiger partial charge in [-0.05, 0) is 19.1 Å². The molecule has 0 saturated heterocycles. The van der Waals surface area contributed by atoms with Gasteiger partial charge in [0, 0.05) is 25.9 Å². The quantitative estimate of drug-likeness (QED) is 0.708. The van der Waals surface area contributed by atoms with Crippen LogP contribution >= 0.6 is 0 Å². The van der Waals surface area contributed by atoms with Gasteiger partial charge in [-0.2, -0.15) is 18.3 Å². The summed E-state index contributed by atoms with van der Waals surface area (Å²) in [5.41, 5.74) is 1.74. The Hall–Kier alpha value is -2.90. The molecule has 3 aromatic rings. The van der Waals surface area contributed by atoms with E-state index in [1.165, 1.54) is 0 Å². The number of hydrogen-bond acceptors (Lipinski definition) is 4. The first-order chi connectivity index (χ1) is 12.2. The Morgan fingerprint density at radius 3 is 2.35 bits per heavy atom. The van der Waals surface area contributed by atoms with Crippen LogP contribution in [0.4, 0.5) is 19.1 Å². The van der Waals surface area contributed by atoms with Crippen LogP contribution in [0, 0.1) is 6.92 Å². The van der Waals surface area contributed by atoms with Crippen LogP contribution in [0.25, 0.3) is 11.3 Å². The molecule has 0 aliphatic rings. The van der Waals surface area contributed by atoms with E-state index in [4.69, 9.17) is 0 Å². The fourth-order valence-corrected chi connectivity index (χ4v) is 2.49. The van der Waals surface area contributed by atoms with E-state index >= 15 is 0 Å². The molecule has 26 heavy (non-hydrogen) atoms. The van der Waals surface area contributed by atoms with Crippen molar-refractivity contribution in [1.29, 1.82) is 0 Å². The standard InChI is InChI=1S/C18H18F3N5/c1-12-4-6-13(7-5-12)15-10-16(18(19,20)21)24-17(23-15)25(2)11-14-8-9-22-26(14)3/h4-10H,11H2,1-3H3. The van der Waals surface area contributed by atoms with E-state index in [1.807, 2.05) is 19.1 Å². The van der Waals surface area contributed by atoms with Gasteiger partial charge >= 0.3 is 6.18 Å². The Morgan fingerprint density at radius 2 is 1.77 bits per heavy atom. The number of rotatable bonds is 4. The summed E-state index contributed by atoms with van der Waals surface area (Å²) in [5, 5.41) is 4.06. The van der Waals surface area contributed by atoms with Gasteiger partial charge in [-0.25, -0.2) is 9.97 Å². The van der Waals surface area contributed by atoms with Crippen LogP contribution in [0.2, 0.25) is 0 Å². The summed E-state index contributed by atoms with van der Waals surface area (Å²) in [6, 6.07) is 9.95. The average Bonchev–Trinajstić information content (AvgIpc) is 2.99. The lowest BCUT2D eigenvalue weighted by atomic mass is 10.1. The molecule has 0 N–H and O–H groups in total. The third-order valence-electron chi connectivity index (χ3n) is 4.02. The summed E-state index contributed by atoms with van der Waals surface area (Å²) >= 11 is 0. The summed E-state index contributed by atoms with van der Waals surface area (Å²) in [6.45, 7) is 2.25. The van der Waals surface area contributed by atoms with Gasteiger partial charge in [0.2, 0.25) is 5.95 Å². The minimum Gasteiger partial charge on any atom is -0.338 e. The largest absolute Gasteiger partial charge is 0.433 e. The number of halogens is 3. The second-order valence-corrected chi connectivity index (χ2v) is 6.10. The molecule has 0 spiro atoms. The second kappa shape index (κ2) is 6.78. The van der Waals surface area contributed by atoms with Gasteiger partial charge in [-0.15, -0.1) is 0 Å². The highest BCUT2D eigenvalue weighted by Crippen LogP contribution is 2.32. The van der Waals surface area contributed by atoms with Crippen molar-refractivity contribution < 1.29 is 13.2 Å². The van der Waals surface area contributed by atoms with Gasteiger partial charge in [0.25, 0.3) is 0 Å². The predicted molar refractivity (Wildman–Crippen MR) is 92.5 cm³/mol. The lowest BCUT2D eigenvalue weighted by Gasteiger charge is -2.19. The van der Waals surface area contributed by atoms with E-state index in [0.29, 0.717) is 12.1 Å². The third-order valence-corrected chi connectivity index (χ3v) is 4.02. The summed E-state index contributed by atoms with van der Waals surface area (Å²) in [5.74, 6) is 0.0107. The molecule has 0 atom stereocenters. The smallest absolute Gasteiger partial charge is 0.338 e. The molecular formula is C18H18F3N5. The number of aryl methyl sites for hydroxylation is 2. The maximum Gasteiger partial charge on any atom is 0.433 e. The lowest BCUT2D eigenvalue weighted by Crippen LogP contribution is -2.23. The lowest BCUT2D eigenvalue weighted by molar-refractivity contribution is -0.141. The minimum absolute atomic E-state index is 0.0107. The maximum atomic E-state index is 13.3. The number of benzene rings is 1. The molecule has 0 radical (unpaired) electrons. The zero-order chi connectivity index (χ0) is 18.9. The number of aromatic nitrogens is 4. The van der Waals surface area contributed by atoms with Crippen LogP contribution in [0.3, 0.4) is 0 Å². The van der Waals surface area contributed by atoms with Crippen molar-refractivity contribution in [3.05, 3.63) is 59.5 Å². The van der Waals surface area contributed by atoms with Gasteiger partial charge in [-0.1, -0.05) is 29.8 Å². The average molecular weight is 361 g/mol. The molecule has 5 nitrogen and oxygen atoms in total. The van der Waals surface area contributed by atoms with E-state index in [0.717, 1.165) is 17.3 Å². The summed E-state index contributed by atoms with van der Waals surface area (Å²) < 4.78 is 41.6. The van der Waals surface area contributed by atoms with Gasteiger partial charge in [0.15, 0.2) is 5.69 Å². The Labute approximate surface area is 149 Å². The van der Waals surface area contributed by atoms with E-state index in [2.05, 4.69) is 15.1 Å². The summed E-state index contributed by atoms with van der Waals surface area (Å²) in [4.78, 5) is 9.63. The Morgan fingerprint density at radius 1 is 1.08 bits per heavy atom. The highest BCUT2D eigenvalue weighted by Gasteiger charge is 2.34. The monoisotopic (exact) mass is 361 g/mol. The molecular weight excluding hydrogens is 343 g/mol. The molecule has 2 heterocycles. The third kappa shape index (κ3) is 3.84. The molecule has 0 amide bonds. The Bertz CT molecular complexity index is 900. The molecule has 2 aromatic heterocycles. The van der Waals surface area contributed by atoms with Crippen molar-refractivity contribution in [3.63, 3.8) is 0 Å². The van der Waals surface area contributed by atoms with E-state index in [-0.39, 0.29) is 11.6 Å². The highest BCUT2D eigenvalue weighted by molar-refractivity contribution is 5.61.